The summed E-state index contributed by atoms with van der Waals surface area (Å²) in [5, 5.41) is 0. The first-order valence-corrected chi connectivity index (χ1v) is 28.7. The molecule has 0 aromatic carbocycles. The van der Waals surface area contributed by atoms with Crippen molar-refractivity contribution >= 4 is 17.9 Å². The number of rotatable bonds is 50. The second-order valence-corrected chi connectivity index (χ2v) is 18.4. The molecule has 0 aromatic rings. The topological polar surface area (TPSA) is 78.9 Å². The zero-order chi connectivity index (χ0) is 51.4. The van der Waals surface area contributed by atoms with Gasteiger partial charge < -0.3 is 14.2 Å². The van der Waals surface area contributed by atoms with E-state index in [0.29, 0.717) is 19.3 Å². The zero-order valence-electron chi connectivity index (χ0n) is 45.7. The van der Waals surface area contributed by atoms with E-state index in [1.165, 1.54) is 32.1 Å². The summed E-state index contributed by atoms with van der Waals surface area (Å²) in [6.07, 6.45) is 82.0. The molecule has 0 aliphatic heterocycles. The van der Waals surface area contributed by atoms with Crippen molar-refractivity contribution in [3.8, 4) is 0 Å². The van der Waals surface area contributed by atoms with Gasteiger partial charge in [0.2, 0.25) is 0 Å². The van der Waals surface area contributed by atoms with Crippen molar-refractivity contribution in [2.45, 2.75) is 245 Å². The van der Waals surface area contributed by atoms with Crippen molar-refractivity contribution in [1.29, 1.82) is 0 Å². The molecule has 0 saturated carbocycles. The van der Waals surface area contributed by atoms with E-state index in [4.69, 9.17) is 14.2 Å². The summed E-state index contributed by atoms with van der Waals surface area (Å²) >= 11 is 0. The Morgan fingerprint density at radius 3 is 0.859 bits per heavy atom. The lowest BCUT2D eigenvalue weighted by Gasteiger charge is -2.18. The van der Waals surface area contributed by atoms with Gasteiger partial charge in [0.05, 0.1) is 0 Å². The fraction of sp³-hybridized carbons (Fsp3) is 0.615. The number of carbonyl (C=O) groups is 3. The van der Waals surface area contributed by atoms with E-state index in [9.17, 15) is 14.4 Å². The third kappa shape index (κ3) is 56.3. The number of esters is 3. The summed E-state index contributed by atoms with van der Waals surface area (Å²) in [6.45, 7) is 6.29. The van der Waals surface area contributed by atoms with Crippen molar-refractivity contribution in [3.05, 3.63) is 134 Å². The molecule has 1 atom stereocenters. The Morgan fingerprint density at radius 2 is 0.549 bits per heavy atom. The van der Waals surface area contributed by atoms with Crippen molar-refractivity contribution in [2.75, 3.05) is 13.2 Å². The first kappa shape index (κ1) is 66.6. The minimum absolute atomic E-state index is 0.0932. The molecule has 0 aliphatic carbocycles. The van der Waals surface area contributed by atoms with Gasteiger partial charge in [0, 0.05) is 19.3 Å². The minimum Gasteiger partial charge on any atom is -0.462 e. The molecule has 0 radical (unpaired) electrons. The summed E-state index contributed by atoms with van der Waals surface area (Å²) in [5.41, 5.74) is 0. The van der Waals surface area contributed by atoms with Gasteiger partial charge in [-0.25, -0.2) is 0 Å². The number of allylic oxidation sites excluding steroid dienone is 22. The molecule has 0 amide bonds. The maximum atomic E-state index is 12.8. The van der Waals surface area contributed by atoms with Crippen LogP contribution in [0, 0.1) is 0 Å². The van der Waals surface area contributed by atoms with Gasteiger partial charge >= 0.3 is 17.9 Å². The van der Waals surface area contributed by atoms with Crippen LogP contribution < -0.4 is 0 Å². The Labute approximate surface area is 436 Å². The number of ether oxygens (including phenoxy) is 3. The summed E-state index contributed by atoms with van der Waals surface area (Å²) in [7, 11) is 0. The van der Waals surface area contributed by atoms with Crippen LogP contribution in [0.1, 0.15) is 239 Å². The van der Waals surface area contributed by atoms with Gasteiger partial charge in [-0.2, -0.15) is 0 Å². The summed E-state index contributed by atoms with van der Waals surface area (Å²) in [6, 6.07) is 0. The Hall–Kier alpha value is -4.45. The summed E-state index contributed by atoms with van der Waals surface area (Å²) < 4.78 is 16.7. The predicted octanol–water partition coefficient (Wildman–Crippen LogP) is 19.4. The molecule has 0 aliphatic rings. The molecule has 1 unspecified atom stereocenters. The second kappa shape index (κ2) is 58.1. The lowest BCUT2D eigenvalue weighted by molar-refractivity contribution is -0.167. The molecule has 0 bridgehead atoms. The van der Waals surface area contributed by atoms with E-state index in [1.807, 2.05) is 0 Å². The molecule has 6 nitrogen and oxygen atoms in total. The fourth-order valence-electron chi connectivity index (χ4n) is 7.41. The van der Waals surface area contributed by atoms with Crippen molar-refractivity contribution < 1.29 is 28.6 Å². The molecule has 0 spiro atoms. The summed E-state index contributed by atoms with van der Waals surface area (Å²) in [4.78, 5) is 37.8. The molecule has 0 heterocycles. The van der Waals surface area contributed by atoms with Crippen LogP contribution in [0.25, 0.3) is 0 Å². The van der Waals surface area contributed by atoms with Crippen LogP contribution in [0.4, 0.5) is 0 Å². The average molecular weight is 982 g/mol. The Bertz CT molecular complexity index is 1550. The lowest BCUT2D eigenvalue weighted by atomic mass is 10.1. The zero-order valence-corrected chi connectivity index (χ0v) is 45.7. The first-order valence-electron chi connectivity index (χ1n) is 28.7. The molecule has 400 valence electrons. The molecule has 0 aromatic heterocycles. The SMILES string of the molecule is CC/C=C\C/C=C\C/C=C\C/C=C\C/C=C\C/C=C\CCCCCCCCCCC(=O)OCC(COC(=O)CCCCCCC)OC(=O)CCCCCCC/C=C\C/C=C\C/C=C\C/C=C\C/C=C\CC. The largest absolute Gasteiger partial charge is 0.462 e. The monoisotopic (exact) mass is 981 g/mol. The van der Waals surface area contributed by atoms with Crippen LogP contribution in [-0.4, -0.2) is 37.2 Å². The van der Waals surface area contributed by atoms with Crippen LogP contribution in [0.5, 0.6) is 0 Å². The predicted molar refractivity (Wildman–Crippen MR) is 306 cm³/mol. The quantitative estimate of drug-likeness (QED) is 0.0262. The molecule has 0 saturated heterocycles. The van der Waals surface area contributed by atoms with Crippen LogP contribution in [-0.2, 0) is 28.6 Å². The number of carbonyl (C=O) groups excluding carboxylic acids is 3. The van der Waals surface area contributed by atoms with Crippen LogP contribution in [0.2, 0.25) is 0 Å². The number of unbranched alkanes of at least 4 members (excludes halogenated alkanes) is 17. The minimum atomic E-state index is -0.793. The molecule has 0 fully saturated rings. The van der Waals surface area contributed by atoms with Gasteiger partial charge in [-0.15, -0.1) is 0 Å². The standard InChI is InChI=1S/C65H104O6/c1-4-7-10-13-15-17-19-21-23-25-27-29-30-31-32-33-34-36-37-39-41-43-45-47-49-52-55-58-64(67)70-61-62(60-69-63(66)57-54-51-12-9-6-3)71-65(68)59-56-53-50-48-46-44-42-40-38-35-28-26-24-22-20-18-16-14-11-8-5-2/h7-8,10-11,15-18,21-24,27-29,31-32,34-36,40,42,62H,4-6,9,12-14,19-20,25-26,30,33,37-39,41,43-61H2,1-3H3/b10-7-,11-8-,17-15-,18-16-,23-21-,24-22-,29-27-,32-31-,35-28-,36-34-,42-40-. The fourth-order valence-corrected chi connectivity index (χ4v) is 7.41. The van der Waals surface area contributed by atoms with E-state index < -0.39 is 6.10 Å². The third-order valence-corrected chi connectivity index (χ3v) is 11.7. The highest BCUT2D eigenvalue weighted by Gasteiger charge is 2.19. The van der Waals surface area contributed by atoms with E-state index in [0.717, 1.165) is 167 Å². The lowest BCUT2D eigenvalue weighted by Crippen LogP contribution is -2.30. The van der Waals surface area contributed by atoms with Gasteiger partial charge in [0.15, 0.2) is 6.10 Å². The number of hydrogen-bond acceptors (Lipinski definition) is 6. The highest BCUT2D eigenvalue weighted by atomic mass is 16.6. The van der Waals surface area contributed by atoms with Gasteiger partial charge in [-0.1, -0.05) is 238 Å². The van der Waals surface area contributed by atoms with Gasteiger partial charge in [0.1, 0.15) is 13.2 Å². The van der Waals surface area contributed by atoms with Gasteiger partial charge in [-0.05, 0) is 116 Å². The van der Waals surface area contributed by atoms with E-state index in [2.05, 4.69) is 154 Å². The van der Waals surface area contributed by atoms with Crippen molar-refractivity contribution in [1.82, 2.24) is 0 Å². The molecular formula is C65H104O6. The van der Waals surface area contributed by atoms with Crippen LogP contribution in [0.15, 0.2) is 134 Å². The molecule has 0 N–H and O–H groups in total. The number of hydrogen-bond donors (Lipinski definition) is 0. The molecule has 0 rings (SSSR count). The smallest absolute Gasteiger partial charge is 0.306 e. The van der Waals surface area contributed by atoms with Crippen molar-refractivity contribution in [2.24, 2.45) is 0 Å². The van der Waals surface area contributed by atoms with Crippen LogP contribution >= 0.6 is 0 Å². The van der Waals surface area contributed by atoms with Gasteiger partial charge in [-0.3, -0.25) is 14.4 Å². The van der Waals surface area contributed by atoms with Crippen molar-refractivity contribution in [3.63, 3.8) is 0 Å². The first-order chi connectivity index (χ1) is 35.0. The second-order valence-electron chi connectivity index (χ2n) is 18.4. The maximum Gasteiger partial charge on any atom is 0.306 e. The Balaban J connectivity index is 4.18. The third-order valence-electron chi connectivity index (χ3n) is 11.7. The van der Waals surface area contributed by atoms with E-state index in [-0.39, 0.29) is 31.1 Å². The average Bonchev–Trinajstić information content (AvgIpc) is 3.37. The molecule has 6 heteroatoms. The Kier molecular flexibility index (Phi) is 54.5. The Morgan fingerprint density at radius 1 is 0.296 bits per heavy atom. The summed E-state index contributed by atoms with van der Waals surface area (Å²) in [5.74, 6) is -0.940. The van der Waals surface area contributed by atoms with E-state index >= 15 is 0 Å². The van der Waals surface area contributed by atoms with Crippen LogP contribution in [0.3, 0.4) is 0 Å². The van der Waals surface area contributed by atoms with E-state index in [1.54, 1.807) is 0 Å². The molecule has 71 heavy (non-hydrogen) atoms. The highest BCUT2D eigenvalue weighted by molar-refractivity contribution is 5.71. The normalized spacial score (nSPS) is 13.1. The molecular weight excluding hydrogens is 877 g/mol. The maximum absolute atomic E-state index is 12.8. The highest BCUT2D eigenvalue weighted by Crippen LogP contribution is 2.14. The van der Waals surface area contributed by atoms with Gasteiger partial charge in [0.25, 0.3) is 0 Å².